The van der Waals surface area contributed by atoms with Crippen LogP contribution < -0.4 is 10.1 Å². The highest BCUT2D eigenvalue weighted by Gasteiger charge is 2.03. The van der Waals surface area contributed by atoms with Crippen LogP contribution >= 0.6 is 0 Å². The van der Waals surface area contributed by atoms with Crippen LogP contribution in [0.15, 0.2) is 41.0 Å². The summed E-state index contributed by atoms with van der Waals surface area (Å²) in [5.41, 5.74) is 2.23. The van der Waals surface area contributed by atoms with Crippen LogP contribution in [0, 0.1) is 0 Å². The Morgan fingerprint density at radius 3 is 2.76 bits per heavy atom. The van der Waals surface area contributed by atoms with Gasteiger partial charge in [-0.15, -0.1) is 0 Å². The standard InChI is InChI=1S/C17H23NO3/c1-13(2)18-9-15-8-17(21-11-15)12-20-10-14-5-4-6-16(7-14)19-3/h4-8,11,13,18H,9-10,12H2,1-3H3. The fourth-order valence-corrected chi connectivity index (χ4v) is 1.95. The first-order chi connectivity index (χ1) is 10.2. The second kappa shape index (κ2) is 7.86. The van der Waals surface area contributed by atoms with E-state index in [1.165, 1.54) is 0 Å². The van der Waals surface area contributed by atoms with Crippen molar-refractivity contribution in [3.05, 3.63) is 53.5 Å². The van der Waals surface area contributed by atoms with Gasteiger partial charge in [0.1, 0.15) is 18.1 Å². The number of benzene rings is 1. The SMILES string of the molecule is COc1cccc(COCc2cc(CNC(C)C)co2)c1. The van der Waals surface area contributed by atoms with E-state index in [9.17, 15) is 0 Å². The molecule has 1 aromatic carbocycles. The van der Waals surface area contributed by atoms with E-state index in [0.29, 0.717) is 19.3 Å². The van der Waals surface area contributed by atoms with E-state index in [2.05, 4.69) is 19.2 Å². The van der Waals surface area contributed by atoms with Crippen LogP contribution in [0.2, 0.25) is 0 Å². The Bertz CT molecular complexity index is 548. The molecule has 4 nitrogen and oxygen atoms in total. The highest BCUT2D eigenvalue weighted by Crippen LogP contribution is 2.15. The molecule has 2 aromatic rings. The zero-order valence-electron chi connectivity index (χ0n) is 12.9. The molecule has 0 aliphatic heterocycles. The molecular formula is C17H23NO3. The summed E-state index contributed by atoms with van der Waals surface area (Å²) in [6, 6.07) is 10.4. The van der Waals surface area contributed by atoms with Crippen LogP contribution in [0.25, 0.3) is 0 Å². The van der Waals surface area contributed by atoms with Gasteiger partial charge in [0.2, 0.25) is 0 Å². The van der Waals surface area contributed by atoms with E-state index < -0.39 is 0 Å². The summed E-state index contributed by atoms with van der Waals surface area (Å²) < 4.78 is 16.4. The van der Waals surface area contributed by atoms with Gasteiger partial charge in [0.05, 0.1) is 20.0 Å². The highest BCUT2D eigenvalue weighted by molar-refractivity contribution is 5.27. The van der Waals surface area contributed by atoms with Gasteiger partial charge in [-0.1, -0.05) is 26.0 Å². The molecule has 0 aliphatic carbocycles. The maximum absolute atomic E-state index is 5.67. The Balaban J connectivity index is 1.77. The van der Waals surface area contributed by atoms with E-state index in [1.807, 2.05) is 30.3 Å². The Kier molecular flexibility index (Phi) is 5.84. The van der Waals surface area contributed by atoms with Crippen molar-refractivity contribution in [3.63, 3.8) is 0 Å². The third kappa shape index (κ3) is 5.25. The lowest BCUT2D eigenvalue weighted by atomic mass is 10.2. The molecule has 0 unspecified atom stereocenters. The Morgan fingerprint density at radius 2 is 2.00 bits per heavy atom. The van der Waals surface area contributed by atoms with E-state index in [-0.39, 0.29) is 0 Å². The van der Waals surface area contributed by atoms with Crippen LogP contribution in [-0.4, -0.2) is 13.2 Å². The van der Waals surface area contributed by atoms with Crippen LogP contribution in [-0.2, 0) is 24.5 Å². The molecule has 0 radical (unpaired) electrons. The van der Waals surface area contributed by atoms with E-state index in [4.69, 9.17) is 13.9 Å². The number of ether oxygens (including phenoxy) is 2. The summed E-state index contributed by atoms with van der Waals surface area (Å²) in [6.07, 6.45) is 1.78. The van der Waals surface area contributed by atoms with Gasteiger partial charge < -0.3 is 19.2 Å². The molecule has 2 rings (SSSR count). The lowest BCUT2D eigenvalue weighted by Crippen LogP contribution is -2.21. The summed E-state index contributed by atoms with van der Waals surface area (Å²) in [5.74, 6) is 1.69. The number of hydrogen-bond donors (Lipinski definition) is 1. The minimum atomic E-state index is 0.465. The van der Waals surface area contributed by atoms with Gasteiger partial charge in [0.25, 0.3) is 0 Å². The molecule has 0 saturated heterocycles. The first-order valence-corrected chi connectivity index (χ1v) is 7.17. The van der Waals surface area contributed by atoms with Crippen molar-refractivity contribution in [1.29, 1.82) is 0 Å². The predicted molar refractivity (Wildman–Crippen MR) is 82.2 cm³/mol. The molecule has 1 N–H and O–H groups in total. The van der Waals surface area contributed by atoms with Gasteiger partial charge in [-0.2, -0.15) is 0 Å². The Morgan fingerprint density at radius 1 is 1.14 bits per heavy atom. The average molecular weight is 289 g/mol. The number of hydrogen-bond acceptors (Lipinski definition) is 4. The first-order valence-electron chi connectivity index (χ1n) is 7.17. The summed E-state index contributed by atoms with van der Waals surface area (Å²) in [4.78, 5) is 0. The molecule has 0 aliphatic rings. The van der Waals surface area contributed by atoms with Crippen molar-refractivity contribution in [2.75, 3.05) is 7.11 Å². The second-order valence-corrected chi connectivity index (χ2v) is 5.30. The molecule has 0 saturated carbocycles. The fraction of sp³-hybridized carbons (Fsp3) is 0.412. The Labute approximate surface area is 126 Å². The van der Waals surface area contributed by atoms with Gasteiger partial charge in [0.15, 0.2) is 0 Å². The molecule has 0 fully saturated rings. The number of rotatable bonds is 8. The first kappa shape index (κ1) is 15.6. The normalized spacial score (nSPS) is 11.0. The molecule has 0 atom stereocenters. The van der Waals surface area contributed by atoms with Gasteiger partial charge >= 0.3 is 0 Å². The molecule has 114 valence electrons. The fourth-order valence-electron chi connectivity index (χ4n) is 1.95. The molecule has 1 heterocycles. The van der Waals surface area contributed by atoms with E-state index in [1.54, 1.807) is 13.4 Å². The number of nitrogens with one attached hydrogen (secondary N) is 1. The van der Waals surface area contributed by atoms with Crippen LogP contribution in [0.4, 0.5) is 0 Å². The van der Waals surface area contributed by atoms with Crippen molar-refractivity contribution in [2.45, 2.75) is 39.6 Å². The van der Waals surface area contributed by atoms with E-state index in [0.717, 1.165) is 29.2 Å². The van der Waals surface area contributed by atoms with Crippen LogP contribution in [0.5, 0.6) is 5.75 Å². The summed E-state index contributed by atoms with van der Waals surface area (Å²) in [6.45, 7) is 6.07. The van der Waals surface area contributed by atoms with Crippen LogP contribution in [0.1, 0.15) is 30.7 Å². The third-order valence-corrected chi connectivity index (χ3v) is 3.07. The zero-order chi connectivity index (χ0) is 15.1. The maximum atomic E-state index is 5.67. The Hall–Kier alpha value is -1.78. The topological polar surface area (TPSA) is 43.6 Å². The molecule has 0 spiro atoms. The van der Waals surface area contributed by atoms with Crippen molar-refractivity contribution >= 4 is 0 Å². The summed E-state index contributed by atoms with van der Waals surface area (Å²) in [7, 11) is 1.66. The molecule has 0 bridgehead atoms. The van der Waals surface area contributed by atoms with Crippen molar-refractivity contribution in [3.8, 4) is 5.75 Å². The van der Waals surface area contributed by atoms with Crippen molar-refractivity contribution in [1.82, 2.24) is 5.32 Å². The van der Waals surface area contributed by atoms with Gasteiger partial charge in [-0.3, -0.25) is 0 Å². The highest BCUT2D eigenvalue weighted by atomic mass is 16.5. The quantitative estimate of drug-likeness (QED) is 0.807. The van der Waals surface area contributed by atoms with Gasteiger partial charge in [-0.05, 0) is 23.8 Å². The second-order valence-electron chi connectivity index (χ2n) is 5.30. The van der Waals surface area contributed by atoms with Crippen LogP contribution in [0.3, 0.4) is 0 Å². The number of furan rings is 1. The third-order valence-electron chi connectivity index (χ3n) is 3.07. The number of methoxy groups -OCH3 is 1. The minimum absolute atomic E-state index is 0.465. The summed E-state index contributed by atoms with van der Waals surface area (Å²) >= 11 is 0. The lowest BCUT2D eigenvalue weighted by molar-refractivity contribution is 0.0928. The molecule has 21 heavy (non-hydrogen) atoms. The van der Waals surface area contributed by atoms with Crippen molar-refractivity contribution in [2.24, 2.45) is 0 Å². The molecule has 1 aromatic heterocycles. The average Bonchev–Trinajstić information content (AvgIpc) is 2.93. The maximum Gasteiger partial charge on any atom is 0.129 e. The van der Waals surface area contributed by atoms with Gasteiger partial charge in [-0.25, -0.2) is 0 Å². The smallest absolute Gasteiger partial charge is 0.129 e. The predicted octanol–water partition coefficient (Wildman–Crippen LogP) is 3.50. The lowest BCUT2D eigenvalue weighted by Gasteiger charge is -2.05. The molecule has 4 heteroatoms. The summed E-state index contributed by atoms with van der Waals surface area (Å²) in [5, 5.41) is 3.35. The monoisotopic (exact) mass is 289 g/mol. The zero-order valence-corrected chi connectivity index (χ0v) is 12.9. The molecule has 0 amide bonds. The minimum Gasteiger partial charge on any atom is -0.497 e. The van der Waals surface area contributed by atoms with Gasteiger partial charge in [0, 0.05) is 18.2 Å². The van der Waals surface area contributed by atoms with E-state index >= 15 is 0 Å². The largest absolute Gasteiger partial charge is 0.497 e. The molecular weight excluding hydrogens is 266 g/mol. The van der Waals surface area contributed by atoms with Crippen molar-refractivity contribution < 1.29 is 13.9 Å².